The summed E-state index contributed by atoms with van der Waals surface area (Å²) in [5.41, 5.74) is 7.84. The molecule has 3 N–H and O–H groups in total. The molecular weight excluding hydrogens is 274 g/mol. The van der Waals surface area contributed by atoms with Crippen LogP contribution in [0.15, 0.2) is 36.5 Å². The van der Waals surface area contributed by atoms with Gasteiger partial charge in [0.05, 0.1) is 5.02 Å². The molecule has 0 radical (unpaired) electrons. The second-order valence-electron chi connectivity index (χ2n) is 4.90. The van der Waals surface area contributed by atoms with Gasteiger partial charge < -0.3 is 15.6 Å². The van der Waals surface area contributed by atoms with Gasteiger partial charge in [-0.15, -0.1) is 0 Å². The lowest BCUT2D eigenvalue weighted by atomic mass is 10.2. The number of hydrogen-bond acceptors (Lipinski definition) is 2. The van der Waals surface area contributed by atoms with Crippen LogP contribution in [0, 0.1) is 0 Å². The highest BCUT2D eigenvalue weighted by Crippen LogP contribution is 2.20. The molecule has 1 amide bonds. The van der Waals surface area contributed by atoms with Crippen LogP contribution in [0.2, 0.25) is 5.02 Å². The number of amides is 1. The molecule has 0 bridgehead atoms. The van der Waals surface area contributed by atoms with Gasteiger partial charge in [0, 0.05) is 24.5 Å². The Labute approximate surface area is 123 Å². The van der Waals surface area contributed by atoms with Gasteiger partial charge in [-0.25, -0.2) is 0 Å². The summed E-state index contributed by atoms with van der Waals surface area (Å²) in [4.78, 5) is 12.3. The molecule has 0 atom stereocenters. The Morgan fingerprint density at radius 3 is 2.80 bits per heavy atom. The number of nitrogens with zero attached hydrogens (tertiary/aromatic N) is 1. The maximum atomic E-state index is 12.3. The van der Waals surface area contributed by atoms with E-state index in [-0.39, 0.29) is 11.9 Å². The minimum atomic E-state index is -0.181. The molecule has 1 aromatic carbocycles. The Hall–Kier alpha value is -1.78. The van der Waals surface area contributed by atoms with Crippen molar-refractivity contribution < 1.29 is 4.79 Å². The minimum absolute atomic E-state index is 0.165. The quantitative estimate of drug-likeness (QED) is 0.906. The zero-order chi connectivity index (χ0) is 14.7. The smallest absolute Gasteiger partial charge is 0.272 e. The first-order chi connectivity index (χ1) is 9.51. The van der Waals surface area contributed by atoms with Crippen LogP contribution >= 0.6 is 11.6 Å². The zero-order valence-corrected chi connectivity index (χ0v) is 12.3. The number of aromatic nitrogens is 1. The largest absolute Gasteiger partial charge is 0.339 e. The van der Waals surface area contributed by atoms with Crippen LogP contribution in [-0.4, -0.2) is 10.5 Å². The van der Waals surface area contributed by atoms with Gasteiger partial charge in [0.2, 0.25) is 0 Å². The third-order valence-corrected chi connectivity index (χ3v) is 3.23. The molecule has 1 aromatic heterocycles. The fourth-order valence-corrected chi connectivity index (χ4v) is 2.23. The third kappa shape index (κ3) is 3.21. The summed E-state index contributed by atoms with van der Waals surface area (Å²) >= 11 is 5.99. The Kier molecular flexibility index (Phi) is 4.47. The summed E-state index contributed by atoms with van der Waals surface area (Å²) in [6, 6.07) is 9.32. The standard InChI is InChI=1S/C15H18ClN3O/c1-10(2)19-9-12(16)7-14(19)15(20)18-13-5-3-4-11(6-13)8-17/h3-7,9-10H,8,17H2,1-2H3,(H,18,20). The molecule has 0 saturated carbocycles. The lowest BCUT2D eigenvalue weighted by Gasteiger charge is -2.13. The van der Waals surface area contributed by atoms with E-state index in [9.17, 15) is 4.79 Å². The summed E-state index contributed by atoms with van der Waals surface area (Å²) in [7, 11) is 0. The van der Waals surface area contributed by atoms with E-state index in [1.807, 2.05) is 42.7 Å². The molecule has 0 fully saturated rings. The van der Waals surface area contributed by atoms with E-state index in [0.29, 0.717) is 17.3 Å². The SMILES string of the molecule is CC(C)n1cc(Cl)cc1C(=O)Nc1cccc(CN)c1. The van der Waals surface area contributed by atoms with Crippen LogP contribution in [0.5, 0.6) is 0 Å². The van der Waals surface area contributed by atoms with Crippen molar-refractivity contribution in [2.45, 2.75) is 26.4 Å². The maximum absolute atomic E-state index is 12.3. The fourth-order valence-electron chi connectivity index (χ4n) is 2.03. The average molecular weight is 292 g/mol. The first-order valence-corrected chi connectivity index (χ1v) is 6.86. The number of halogens is 1. The summed E-state index contributed by atoms with van der Waals surface area (Å²) in [5.74, 6) is -0.181. The third-order valence-electron chi connectivity index (χ3n) is 3.02. The summed E-state index contributed by atoms with van der Waals surface area (Å²) in [5, 5.41) is 3.42. The molecular formula is C15H18ClN3O. The summed E-state index contributed by atoms with van der Waals surface area (Å²) in [6.45, 7) is 4.45. The molecule has 2 rings (SSSR count). The summed E-state index contributed by atoms with van der Waals surface area (Å²) < 4.78 is 1.85. The Bertz CT molecular complexity index is 619. The number of carbonyl (C=O) groups is 1. The fraction of sp³-hybridized carbons (Fsp3) is 0.267. The number of nitrogens with two attached hydrogens (primary N) is 1. The van der Waals surface area contributed by atoms with E-state index in [2.05, 4.69) is 5.32 Å². The summed E-state index contributed by atoms with van der Waals surface area (Å²) in [6.07, 6.45) is 1.76. The van der Waals surface area contributed by atoms with E-state index in [0.717, 1.165) is 11.3 Å². The lowest BCUT2D eigenvalue weighted by molar-refractivity contribution is 0.101. The Morgan fingerprint density at radius 2 is 2.15 bits per heavy atom. The lowest BCUT2D eigenvalue weighted by Crippen LogP contribution is -2.17. The molecule has 5 heteroatoms. The number of hydrogen-bond donors (Lipinski definition) is 2. The molecule has 0 aliphatic rings. The van der Waals surface area contributed by atoms with Gasteiger partial charge in [-0.1, -0.05) is 23.7 Å². The van der Waals surface area contributed by atoms with Gasteiger partial charge in [-0.05, 0) is 37.6 Å². The molecule has 0 aliphatic carbocycles. The van der Waals surface area contributed by atoms with Crippen LogP contribution in [0.1, 0.15) is 35.9 Å². The highest BCUT2D eigenvalue weighted by atomic mass is 35.5. The van der Waals surface area contributed by atoms with E-state index >= 15 is 0 Å². The van der Waals surface area contributed by atoms with Crippen LogP contribution < -0.4 is 11.1 Å². The molecule has 1 heterocycles. The van der Waals surface area contributed by atoms with E-state index in [4.69, 9.17) is 17.3 Å². The molecule has 106 valence electrons. The van der Waals surface area contributed by atoms with Crippen LogP contribution in [0.4, 0.5) is 5.69 Å². The number of anilines is 1. The van der Waals surface area contributed by atoms with E-state index in [1.165, 1.54) is 0 Å². The monoisotopic (exact) mass is 291 g/mol. The molecule has 0 saturated heterocycles. The normalized spacial score (nSPS) is 10.8. The van der Waals surface area contributed by atoms with Crippen molar-refractivity contribution in [3.05, 3.63) is 52.8 Å². The number of rotatable bonds is 4. The van der Waals surface area contributed by atoms with Crippen molar-refractivity contribution in [3.63, 3.8) is 0 Å². The Morgan fingerprint density at radius 1 is 1.40 bits per heavy atom. The van der Waals surface area contributed by atoms with Gasteiger partial charge in [0.15, 0.2) is 0 Å². The van der Waals surface area contributed by atoms with Gasteiger partial charge in [0.1, 0.15) is 5.69 Å². The van der Waals surface area contributed by atoms with Gasteiger partial charge in [-0.2, -0.15) is 0 Å². The van der Waals surface area contributed by atoms with Crippen LogP contribution in [0.25, 0.3) is 0 Å². The van der Waals surface area contributed by atoms with Gasteiger partial charge in [0.25, 0.3) is 5.91 Å². The predicted molar refractivity (Wildman–Crippen MR) is 82.1 cm³/mol. The average Bonchev–Trinajstić information content (AvgIpc) is 2.81. The first kappa shape index (κ1) is 14.6. The number of carbonyl (C=O) groups excluding carboxylic acids is 1. The van der Waals surface area contributed by atoms with E-state index < -0.39 is 0 Å². The minimum Gasteiger partial charge on any atom is -0.339 e. The highest BCUT2D eigenvalue weighted by Gasteiger charge is 2.15. The van der Waals surface area contributed by atoms with Crippen molar-refractivity contribution >= 4 is 23.2 Å². The van der Waals surface area contributed by atoms with Crippen molar-refractivity contribution in [2.24, 2.45) is 5.73 Å². The van der Waals surface area contributed by atoms with Gasteiger partial charge >= 0.3 is 0 Å². The molecule has 20 heavy (non-hydrogen) atoms. The first-order valence-electron chi connectivity index (χ1n) is 6.49. The van der Waals surface area contributed by atoms with Crippen molar-refractivity contribution in [2.75, 3.05) is 5.32 Å². The molecule has 2 aromatic rings. The molecule has 0 aliphatic heterocycles. The molecule has 0 spiro atoms. The van der Waals surface area contributed by atoms with Crippen molar-refractivity contribution in [1.82, 2.24) is 4.57 Å². The van der Waals surface area contributed by atoms with Crippen molar-refractivity contribution in [1.29, 1.82) is 0 Å². The van der Waals surface area contributed by atoms with Crippen LogP contribution in [-0.2, 0) is 6.54 Å². The highest BCUT2D eigenvalue weighted by molar-refractivity contribution is 6.31. The van der Waals surface area contributed by atoms with Gasteiger partial charge in [-0.3, -0.25) is 4.79 Å². The second kappa shape index (κ2) is 6.11. The van der Waals surface area contributed by atoms with Crippen molar-refractivity contribution in [3.8, 4) is 0 Å². The van der Waals surface area contributed by atoms with E-state index in [1.54, 1.807) is 12.3 Å². The number of nitrogens with one attached hydrogen (secondary N) is 1. The second-order valence-corrected chi connectivity index (χ2v) is 5.34. The number of benzene rings is 1. The molecule has 0 unspecified atom stereocenters. The predicted octanol–water partition coefficient (Wildman–Crippen LogP) is 3.43. The molecule has 4 nitrogen and oxygen atoms in total. The van der Waals surface area contributed by atoms with Crippen LogP contribution in [0.3, 0.4) is 0 Å². The topological polar surface area (TPSA) is 60.0 Å². The zero-order valence-electron chi connectivity index (χ0n) is 11.6. The maximum Gasteiger partial charge on any atom is 0.272 e. The Balaban J connectivity index is 2.23.